The van der Waals surface area contributed by atoms with Gasteiger partial charge in [-0.2, -0.15) is 9.30 Å². The quantitative estimate of drug-likeness (QED) is 0.573. The van der Waals surface area contributed by atoms with E-state index < -0.39 is 15.9 Å². The van der Waals surface area contributed by atoms with Crippen molar-refractivity contribution in [1.82, 2.24) is 8.87 Å². The molecule has 11 heteroatoms. The molecule has 0 bridgehead atoms. The van der Waals surface area contributed by atoms with Gasteiger partial charge in [-0.1, -0.05) is 11.3 Å². The summed E-state index contributed by atoms with van der Waals surface area (Å²) in [6.45, 7) is 2.40. The van der Waals surface area contributed by atoms with Gasteiger partial charge < -0.3 is 18.8 Å². The summed E-state index contributed by atoms with van der Waals surface area (Å²) in [5.41, 5.74) is 1.20. The second-order valence-electron chi connectivity index (χ2n) is 7.37. The number of nitrogens with zero attached hydrogens (tertiary/aromatic N) is 3. The molecule has 5 rings (SSSR count). The molecule has 2 aliphatic heterocycles. The minimum absolute atomic E-state index is 0.147. The number of hydrogen-bond donors (Lipinski definition) is 0. The predicted molar refractivity (Wildman–Crippen MR) is 118 cm³/mol. The minimum Gasteiger partial charge on any atom is -0.486 e. The van der Waals surface area contributed by atoms with E-state index in [4.69, 9.17) is 14.2 Å². The first-order valence-electron chi connectivity index (χ1n) is 10.1. The Morgan fingerprint density at radius 2 is 1.66 bits per heavy atom. The topological polar surface area (TPSA) is 99.4 Å². The largest absolute Gasteiger partial charge is 0.486 e. The highest BCUT2D eigenvalue weighted by molar-refractivity contribution is 7.89. The second-order valence-corrected chi connectivity index (χ2v) is 10.3. The lowest BCUT2D eigenvalue weighted by molar-refractivity contribution is 0.0730. The highest BCUT2D eigenvalue weighted by Crippen LogP contribution is 2.35. The van der Waals surface area contributed by atoms with Gasteiger partial charge in [0.25, 0.3) is 5.91 Å². The molecule has 1 saturated heterocycles. The molecule has 1 amide bonds. The summed E-state index contributed by atoms with van der Waals surface area (Å²) in [6, 6.07) is 9.65. The highest BCUT2D eigenvalue weighted by atomic mass is 32.2. The number of aromatic nitrogens is 1. The Balaban J connectivity index is 1.43. The van der Waals surface area contributed by atoms with Crippen LogP contribution >= 0.6 is 11.3 Å². The lowest BCUT2D eigenvalue weighted by Crippen LogP contribution is -2.40. The fourth-order valence-corrected chi connectivity index (χ4v) is 6.06. The van der Waals surface area contributed by atoms with Crippen LogP contribution in [0.4, 0.5) is 0 Å². The molecule has 0 spiro atoms. The molecule has 1 fully saturated rings. The molecule has 3 heterocycles. The average molecular weight is 476 g/mol. The second kappa shape index (κ2) is 8.32. The summed E-state index contributed by atoms with van der Waals surface area (Å²) in [7, 11) is -1.78. The van der Waals surface area contributed by atoms with Gasteiger partial charge >= 0.3 is 0 Å². The first-order chi connectivity index (χ1) is 15.4. The van der Waals surface area contributed by atoms with E-state index >= 15 is 0 Å². The zero-order valence-electron chi connectivity index (χ0n) is 17.3. The summed E-state index contributed by atoms with van der Waals surface area (Å²) >= 11 is 1.37. The number of benzene rings is 2. The molecule has 0 unspecified atom stereocenters. The fourth-order valence-electron chi connectivity index (χ4n) is 3.63. The number of thiazole rings is 1. The number of amides is 1. The first kappa shape index (κ1) is 21.1. The molecule has 0 radical (unpaired) electrons. The molecular weight excluding hydrogens is 454 g/mol. The van der Waals surface area contributed by atoms with Crippen LogP contribution in [0.25, 0.3) is 10.2 Å². The molecule has 0 N–H and O–H groups in total. The summed E-state index contributed by atoms with van der Waals surface area (Å²) in [5.74, 6) is 0.910. The van der Waals surface area contributed by atoms with E-state index in [2.05, 4.69) is 4.99 Å². The standard InChI is InChI=1S/C21H21N3O6S2/c1-23-16-12-17-18(30-11-10-29-17)13-19(16)31-21(23)22-20(25)14-2-4-15(5-3-14)32(26,27)24-6-8-28-9-7-24/h2-5,12-13H,6-11H2,1H3. The average Bonchev–Trinajstić information content (AvgIpc) is 3.12. The summed E-state index contributed by atoms with van der Waals surface area (Å²) in [4.78, 5) is 17.7. The molecule has 0 saturated carbocycles. The molecule has 9 nitrogen and oxygen atoms in total. The number of carbonyl (C=O) groups is 1. The Labute approximate surface area is 188 Å². The maximum absolute atomic E-state index is 12.8. The number of rotatable bonds is 3. The Kier molecular flexibility index (Phi) is 5.49. The maximum Gasteiger partial charge on any atom is 0.279 e. The SMILES string of the molecule is Cn1c(=NC(=O)c2ccc(S(=O)(=O)N3CCOCC3)cc2)sc2cc3c(cc21)OCCO3. The normalized spacial score (nSPS) is 17.6. The number of aryl methyl sites for hydroxylation is 1. The van der Waals surface area contributed by atoms with Crippen LogP contribution in [0.5, 0.6) is 11.5 Å². The van der Waals surface area contributed by atoms with Crippen LogP contribution in [0.1, 0.15) is 10.4 Å². The molecular formula is C21H21N3O6S2. The summed E-state index contributed by atoms with van der Waals surface area (Å²) in [6.07, 6.45) is 0. The van der Waals surface area contributed by atoms with Gasteiger partial charge in [-0.15, -0.1) is 0 Å². The van der Waals surface area contributed by atoms with Gasteiger partial charge in [0, 0.05) is 37.8 Å². The molecule has 32 heavy (non-hydrogen) atoms. The molecule has 168 valence electrons. The van der Waals surface area contributed by atoms with Gasteiger partial charge in [0.1, 0.15) is 13.2 Å². The van der Waals surface area contributed by atoms with Crippen LogP contribution in [-0.2, 0) is 21.8 Å². The van der Waals surface area contributed by atoms with Gasteiger partial charge in [-0.05, 0) is 24.3 Å². The van der Waals surface area contributed by atoms with E-state index in [9.17, 15) is 13.2 Å². The van der Waals surface area contributed by atoms with Gasteiger partial charge in [0.2, 0.25) is 10.0 Å². The number of morpholine rings is 1. The third kappa shape index (κ3) is 3.81. The van der Waals surface area contributed by atoms with Crippen molar-refractivity contribution < 1.29 is 27.4 Å². The third-order valence-electron chi connectivity index (χ3n) is 5.38. The van der Waals surface area contributed by atoms with Crippen molar-refractivity contribution in [3.8, 4) is 11.5 Å². The van der Waals surface area contributed by atoms with Crippen molar-refractivity contribution >= 4 is 37.5 Å². The minimum atomic E-state index is -3.61. The van der Waals surface area contributed by atoms with E-state index in [0.717, 1.165) is 10.2 Å². The Morgan fingerprint density at radius 3 is 2.34 bits per heavy atom. The molecule has 3 aromatic rings. The van der Waals surface area contributed by atoms with Gasteiger partial charge in [0.15, 0.2) is 16.3 Å². The molecule has 0 aliphatic carbocycles. The van der Waals surface area contributed by atoms with Crippen LogP contribution in [0.3, 0.4) is 0 Å². The van der Waals surface area contributed by atoms with Crippen molar-refractivity contribution in [2.45, 2.75) is 4.90 Å². The van der Waals surface area contributed by atoms with Crippen molar-refractivity contribution in [2.75, 3.05) is 39.5 Å². The number of fused-ring (bicyclic) bond motifs is 2. The molecule has 2 aromatic carbocycles. The van der Waals surface area contributed by atoms with E-state index in [-0.39, 0.29) is 4.90 Å². The van der Waals surface area contributed by atoms with Crippen LogP contribution in [-0.4, -0.2) is 62.7 Å². The van der Waals surface area contributed by atoms with E-state index in [1.54, 1.807) is 0 Å². The monoisotopic (exact) mass is 475 g/mol. The van der Waals surface area contributed by atoms with E-state index in [1.807, 2.05) is 23.7 Å². The van der Waals surface area contributed by atoms with Crippen LogP contribution < -0.4 is 14.3 Å². The van der Waals surface area contributed by atoms with Crippen molar-refractivity contribution in [3.63, 3.8) is 0 Å². The third-order valence-corrected chi connectivity index (χ3v) is 8.39. The Morgan fingerprint density at radius 1 is 1.00 bits per heavy atom. The molecule has 0 atom stereocenters. The maximum atomic E-state index is 12.8. The van der Waals surface area contributed by atoms with Crippen molar-refractivity contribution in [1.29, 1.82) is 0 Å². The first-order valence-corrected chi connectivity index (χ1v) is 12.4. The van der Waals surface area contributed by atoms with Crippen LogP contribution in [0.2, 0.25) is 0 Å². The lowest BCUT2D eigenvalue weighted by Gasteiger charge is -2.26. The van der Waals surface area contributed by atoms with Crippen molar-refractivity contribution in [3.05, 3.63) is 46.8 Å². The van der Waals surface area contributed by atoms with E-state index in [1.165, 1.54) is 39.9 Å². The van der Waals surface area contributed by atoms with Gasteiger partial charge in [-0.3, -0.25) is 4.79 Å². The Bertz CT molecular complexity index is 1350. The van der Waals surface area contributed by atoms with E-state index in [0.29, 0.717) is 61.4 Å². The fraction of sp³-hybridized carbons (Fsp3) is 0.333. The number of hydrogen-bond acceptors (Lipinski definition) is 7. The van der Waals surface area contributed by atoms with Crippen molar-refractivity contribution in [2.24, 2.45) is 12.0 Å². The number of carbonyl (C=O) groups excluding carboxylic acids is 1. The zero-order chi connectivity index (χ0) is 22.3. The molecule has 1 aromatic heterocycles. The summed E-state index contributed by atoms with van der Waals surface area (Å²) < 4.78 is 46.1. The number of ether oxygens (including phenoxy) is 3. The lowest BCUT2D eigenvalue weighted by atomic mass is 10.2. The van der Waals surface area contributed by atoms with Gasteiger partial charge in [0.05, 0.1) is 28.3 Å². The number of sulfonamides is 1. The van der Waals surface area contributed by atoms with Crippen LogP contribution in [0.15, 0.2) is 46.3 Å². The van der Waals surface area contributed by atoms with Crippen LogP contribution in [0, 0.1) is 0 Å². The highest BCUT2D eigenvalue weighted by Gasteiger charge is 2.26. The smallest absolute Gasteiger partial charge is 0.279 e. The summed E-state index contributed by atoms with van der Waals surface area (Å²) in [5, 5.41) is 0. The van der Waals surface area contributed by atoms with Gasteiger partial charge in [-0.25, -0.2) is 8.42 Å². The Hall–Kier alpha value is -2.73. The molecule has 2 aliphatic rings. The zero-order valence-corrected chi connectivity index (χ0v) is 18.9. The predicted octanol–water partition coefficient (Wildman–Crippen LogP) is 1.77.